The molecule has 3 nitrogen and oxygen atoms in total. The van der Waals surface area contributed by atoms with Gasteiger partial charge in [-0.3, -0.25) is 9.59 Å². The third-order valence-corrected chi connectivity index (χ3v) is 8.01. The van der Waals surface area contributed by atoms with Gasteiger partial charge in [0.25, 0.3) is 0 Å². The van der Waals surface area contributed by atoms with Crippen molar-refractivity contribution in [1.29, 1.82) is 0 Å². The van der Waals surface area contributed by atoms with Gasteiger partial charge in [-0.05, 0) is 64.7 Å². The predicted molar refractivity (Wildman–Crippen MR) is 134 cm³/mol. The van der Waals surface area contributed by atoms with Crippen molar-refractivity contribution >= 4 is 11.6 Å². The number of ether oxygens (including phenoxy) is 1. The topological polar surface area (TPSA) is 46.7 Å². The fourth-order valence-corrected chi connectivity index (χ4v) is 5.19. The Morgan fingerprint density at radius 3 is 1.91 bits per heavy atom. The predicted octanol–water partition coefficient (Wildman–Crippen LogP) is 7.78. The first-order valence-corrected chi connectivity index (χ1v) is 13.1. The maximum atomic E-state index is 12.8. The van der Waals surface area contributed by atoms with Gasteiger partial charge < -0.3 is 4.74 Å². The quantitative estimate of drug-likeness (QED) is 0.203. The fraction of sp³-hybridized carbons (Fsp3) is 0.793. The Morgan fingerprint density at radius 1 is 0.844 bits per heavy atom. The molecule has 3 heteroatoms. The number of ketones is 2. The fourth-order valence-electron chi connectivity index (χ4n) is 5.19. The minimum Gasteiger partial charge on any atom is -0.346 e. The molecular weight excluding hydrogens is 396 g/mol. The molecule has 0 amide bonds. The number of rotatable bonds is 14. The molecule has 1 heterocycles. The van der Waals surface area contributed by atoms with E-state index in [1.54, 1.807) is 20.8 Å². The standard InChI is InChI=1S/C29H48O3/c1-20(2)12-9-13-21(3)14-10-15-22(4)16-11-17-23(5)18-19-25-24(6)26(30)28(7)29(8,32-28)27(25)31/h18,20-22H,9-17,19H2,1-8H3/t21-,22-,28?,29?/m1/s1. The number of allylic oxidation sites excluding steroid dienone is 2. The van der Waals surface area contributed by atoms with Crippen LogP contribution in [0.4, 0.5) is 0 Å². The number of hydrogen-bond donors (Lipinski definition) is 0. The highest BCUT2D eigenvalue weighted by atomic mass is 16.6. The highest BCUT2D eigenvalue weighted by Crippen LogP contribution is 2.54. The molecule has 2 rings (SSSR count). The van der Waals surface area contributed by atoms with E-state index in [1.807, 2.05) is 0 Å². The first kappa shape index (κ1) is 27.0. The summed E-state index contributed by atoms with van der Waals surface area (Å²) in [6, 6.07) is 0. The van der Waals surface area contributed by atoms with E-state index in [2.05, 4.69) is 40.7 Å². The molecule has 0 N–H and O–H groups in total. The van der Waals surface area contributed by atoms with Gasteiger partial charge in [0.1, 0.15) is 0 Å². The number of epoxide rings is 1. The van der Waals surface area contributed by atoms with Crippen molar-refractivity contribution in [2.45, 2.75) is 131 Å². The van der Waals surface area contributed by atoms with E-state index < -0.39 is 11.2 Å². The second-order valence-corrected chi connectivity index (χ2v) is 11.5. The van der Waals surface area contributed by atoms with E-state index in [0.29, 0.717) is 17.6 Å². The molecule has 2 unspecified atom stereocenters. The highest BCUT2D eigenvalue weighted by molar-refractivity contribution is 6.22. The minimum absolute atomic E-state index is 0.00629. The normalized spacial score (nSPS) is 27.7. The van der Waals surface area contributed by atoms with Crippen LogP contribution in [0.5, 0.6) is 0 Å². The Kier molecular flexibility index (Phi) is 9.52. The molecule has 0 aromatic rings. The molecular formula is C29H48O3. The second-order valence-electron chi connectivity index (χ2n) is 11.5. The van der Waals surface area contributed by atoms with Crippen LogP contribution in [0.1, 0.15) is 120 Å². The van der Waals surface area contributed by atoms with E-state index in [1.165, 1.54) is 56.9 Å². The largest absolute Gasteiger partial charge is 0.346 e. The van der Waals surface area contributed by atoms with Gasteiger partial charge in [-0.15, -0.1) is 0 Å². The van der Waals surface area contributed by atoms with Gasteiger partial charge in [-0.2, -0.15) is 0 Å². The zero-order valence-corrected chi connectivity index (χ0v) is 22.1. The lowest BCUT2D eigenvalue weighted by molar-refractivity contribution is -0.124. The Hall–Kier alpha value is -1.22. The minimum atomic E-state index is -0.942. The maximum Gasteiger partial charge on any atom is 0.194 e. The lowest BCUT2D eigenvalue weighted by Crippen LogP contribution is -2.41. The van der Waals surface area contributed by atoms with Gasteiger partial charge in [0, 0.05) is 11.1 Å². The van der Waals surface area contributed by atoms with Gasteiger partial charge in [0.2, 0.25) is 0 Å². The van der Waals surface area contributed by atoms with Crippen LogP contribution >= 0.6 is 0 Å². The Balaban J connectivity index is 1.67. The second kappa shape index (κ2) is 11.3. The maximum absolute atomic E-state index is 12.8. The molecule has 0 saturated carbocycles. The molecule has 1 saturated heterocycles. The van der Waals surface area contributed by atoms with Crippen molar-refractivity contribution in [2.75, 3.05) is 0 Å². The van der Waals surface area contributed by atoms with Crippen molar-refractivity contribution in [3.05, 3.63) is 22.8 Å². The molecule has 1 fully saturated rings. The number of carbonyl (C=O) groups is 2. The van der Waals surface area contributed by atoms with Crippen molar-refractivity contribution in [3.8, 4) is 0 Å². The molecule has 4 atom stereocenters. The third kappa shape index (κ3) is 6.43. The summed E-state index contributed by atoms with van der Waals surface area (Å²) in [6.45, 7) is 16.8. The summed E-state index contributed by atoms with van der Waals surface area (Å²) in [6.07, 6.45) is 14.4. The lowest BCUT2D eigenvalue weighted by Gasteiger charge is -2.21. The van der Waals surface area contributed by atoms with Gasteiger partial charge in [-0.1, -0.05) is 84.3 Å². The Labute approximate surface area is 197 Å². The average molecular weight is 445 g/mol. The van der Waals surface area contributed by atoms with E-state index in [-0.39, 0.29) is 11.6 Å². The monoisotopic (exact) mass is 444 g/mol. The van der Waals surface area contributed by atoms with Crippen LogP contribution in [0.2, 0.25) is 0 Å². The molecule has 1 aliphatic heterocycles. The Bertz CT molecular complexity index is 744. The average Bonchev–Trinajstić information content (AvgIpc) is 3.30. The van der Waals surface area contributed by atoms with Gasteiger partial charge in [-0.25, -0.2) is 0 Å². The lowest BCUT2D eigenvalue weighted by atomic mass is 9.75. The number of Topliss-reactive ketones (excluding diaryl/α,β-unsaturated/α-hetero) is 2. The summed E-state index contributed by atoms with van der Waals surface area (Å²) in [5.41, 5.74) is 0.665. The molecule has 0 radical (unpaired) electrons. The van der Waals surface area contributed by atoms with E-state index >= 15 is 0 Å². The first-order chi connectivity index (χ1) is 14.9. The van der Waals surface area contributed by atoms with Crippen molar-refractivity contribution in [3.63, 3.8) is 0 Å². The van der Waals surface area contributed by atoms with Crippen LogP contribution in [0.15, 0.2) is 22.8 Å². The summed E-state index contributed by atoms with van der Waals surface area (Å²) in [5.74, 6) is 2.44. The van der Waals surface area contributed by atoms with Crippen LogP contribution in [0, 0.1) is 17.8 Å². The highest BCUT2D eigenvalue weighted by Gasteiger charge is 2.75. The molecule has 1 aliphatic carbocycles. The van der Waals surface area contributed by atoms with E-state index in [4.69, 9.17) is 4.74 Å². The molecule has 32 heavy (non-hydrogen) atoms. The molecule has 0 spiro atoms. The first-order valence-electron chi connectivity index (χ1n) is 13.1. The summed E-state index contributed by atoms with van der Waals surface area (Å²) >= 11 is 0. The van der Waals surface area contributed by atoms with Crippen LogP contribution < -0.4 is 0 Å². The number of hydrogen-bond acceptors (Lipinski definition) is 3. The van der Waals surface area contributed by atoms with Crippen LogP contribution in [-0.2, 0) is 14.3 Å². The molecule has 0 aromatic heterocycles. The van der Waals surface area contributed by atoms with E-state index in [9.17, 15) is 9.59 Å². The summed E-state index contributed by atoms with van der Waals surface area (Å²) in [5, 5.41) is 0. The molecule has 0 aromatic carbocycles. The smallest absolute Gasteiger partial charge is 0.194 e. The van der Waals surface area contributed by atoms with Crippen molar-refractivity contribution in [1.82, 2.24) is 0 Å². The SMILES string of the molecule is CC(=CCC1=C(C)C(=O)C2(C)OC2(C)C1=O)CCC[C@H](C)CCC[C@H](C)CCCC(C)C. The summed E-state index contributed by atoms with van der Waals surface area (Å²) < 4.78 is 5.59. The van der Waals surface area contributed by atoms with Crippen LogP contribution in [-0.4, -0.2) is 22.8 Å². The molecule has 182 valence electrons. The summed E-state index contributed by atoms with van der Waals surface area (Å²) in [7, 11) is 0. The third-order valence-electron chi connectivity index (χ3n) is 8.01. The zero-order chi connectivity index (χ0) is 24.1. The Morgan fingerprint density at radius 2 is 1.34 bits per heavy atom. The van der Waals surface area contributed by atoms with Crippen LogP contribution in [0.25, 0.3) is 0 Å². The van der Waals surface area contributed by atoms with Gasteiger partial charge in [0.15, 0.2) is 22.8 Å². The summed E-state index contributed by atoms with van der Waals surface area (Å²) in [4.78, 5) is 25.4. The number of fused-ring (bicyclic) bond motifs is 1. The number of carbonyl (C=O) groups excluding carboxylic acids is 2. The van der Waals surface area contributed by atoms with Crippen LogP contribution in [0.3, 0.4) is 0 Å². The zero-order valence-electron chi connectivity index (χ0n) is 22.1. The van der Waals surface area contributed by atoms with Crippen molar-refractivity contribution < 1.29 is 14.3 Å². The molecule has 0 bridgehead atoms. The van der Waals surface area contributed by atoms with Gasteiger partial charge in [0.05, 0.1) is 0 Å². The molecule has 2 aliphatic rings. The van der Waals surface area contributed by atoms with E-state index in [0.717, 1.165) is 24.2 Å². The van der Waals surface area contributed by atoms with Gasteiger partial charge >= 0.3 is 0 Å². The van der Waals surface area contributed by atoms with Crippen molar-refractivity contribution in [2.24, 2.45) is 17.8 Å².